The average Bonchev–Trinajstić information content (AvgIpc) is 3.03. The summed E-state index contributed by atoms with van der Waals surface area (Å²) in [4.78, 5) is 15.4. The van der Waals surface area contributed by atoms with Crippen LogP contribution in [0.2, 0.25) is 0 Å². The Balaban J connectivity index is 1.84. The van der Waals surface area contributed by atoms with Crippen LogP contribution in [0.3, 0.4) is 0 Å². The van der Waals surface area contributed by atoms with Crippen LogP contribution in [0.25, 0.3) is 0 Å². The van der Waals surface area contributed by atoms with E-state index in [1.165, 1.54) is 22.6 Å². The van der Waals surface area contributed by atoms with E-state index in [4.69, 9.17) is 0 Å². The topological polar surface area (TPSA) is 33.5 Å². The summed E-state index contributed by atoms with van der Waals surface area (Å²) >= 11 is 1.71. The lowest BCUT2D eigenvalue weighted by atomic mass is 10.0. The molecule has 0 aliphatic carbocycles. The van der Waals surface area contributed by atoms with Crippen molar-refractivity contribution < 1.29 is 14.1 Å². The molecule has 3 rings (SSSR count). The maximum absolute atomic E-state index is 13.1. The molecule has 3 aromatic rings. The van der Waals surface area contributed by atoms with Gasteiger partial charge in [-0.2, -0.15) is 0 Å². The van der Waals surface area contributed by atoms with Crippen molar-refractivity contribution in [2.24, 2.45) is 0 Å². The van der Waals surface area contributed by atoms with Gasteiger partial charge in [0.1, 0.15) is 12.4 Å². The number of rotatable bonds is 6. The highest BCUT2D eigenvalue weighted by Gasteiger charge is 2.29. The zero-order valence-electron chi connectivity index (χ0n) is 14.8. The number of likely N-dealkylation sites (N-methyl/N-ethyl adjacent to an activating group) is 1. The van der Waals surface area contributed by atoms with E-state index in [-0.39, 0.29) is 17.8 Å². The summed E-state index contributed by atoms with van der Waals surface area (Å²) in [7, 11) is 2.03. The molecule has 2 atom stereocenters. The fraction of sp³-hybridized carbons (Fsp3) is 0.190. The number of aryl methyl sites for hydroxylation is 1. The number of hydrogen-bond acceptors (Lipinski definition) is 2. The predicted octanol–water partition coefficient (Wildman–Crippen LogP) is 3.59. The van der Waals surface area contributed by atoms with Crippen LogP contribution in [0.5, 0.6) is 0 Å². The molecular formula is C21H22FN2OS+. The molecule has 1 heterocycles. The van der Waals surface area contributed by atoms with Crippen molar-refractivity contribution in [3.63, 3.8) is 0 Å². The summed E-state index contributed by atoms with van der Waals surface area (Å²) < 4.78 is 13.1. The number of amides is 1. The molecule has 2 N–H and O–H groups in total. The fourth-order valence-corrected chi connectivity index (χ4v) is 3.99. The van der Waals surface area contributed by atoms with Gasteiger partial charge < -0.3 is 10.2 Å². The Labute approximate surface area is 157 Å². The van der Waals surface area contributed by atoms with E-state index in [2.05, 4.69) is 23.7 Å². The molecule has 0 saturated heterocycles. The number of hydrogen-bond donors (Lipinski definition) is 2. The fourth-order valence-electron chi connectivity index (χ4n) is 2.99. The van der Waals surface area contributed by atoms with Crippen molar-refractivity contribution in [2.75, 3.05) is 12.4 Å². The number of carbonyl (C=O) groups is 1. The first-order valence-electron chi connectivity index (χ1n) is 8.51. The van der Waals surface area contributed by atoms with E-state index in [0.29, 0.717) is 5.69 Å². The van der Waals surface area contributed by atoms with Crippen LogP contribution in [-0.4, -0.2) is 13.0 Å². The van der Waals surface area contributed by atoms with Gasteiger partial charge in [-0.1, -0.05) is 30.3 Å². The third-order valence-corrected chi connectivity index (χ3v) is 5.43. The van der Waals surface area contributed by atoms with Crippen molar-refractivity contribution in [1.29, 1.82) is 0 Å². The van der Waals surface area contributed by atoms with Crippen molar-refractivity contribution in [3.8, 4) is 0 Å². The Bertz CT molecular complexity index is 861. The van der Waals surface area contributed by atoms with E-state index in [0.717, 1.165) is 17.0 Å². The second-order valence-corrected chi connectivity index (χ2v) is 7.39. The lowest BCUT2D eigenvalue weighted by molar-refractivity contribution is -0.915. The maximum Gasteiger partial charge on any atom is 0.287 e. The van der Waals surface area contributed by atoms with Gasteiger partial charge in [0.05, 0.1) is 11.9 Å². The monoisotopic (exact) mass is 369 g/mol. The number of halogens is 1. The largest absolute Gasteiger partial charge is 0.321 e. The molecule has 5 heteroatoms. The van der Waals surface area contributed by atoms with Gasteiger partial charge in [-0.05, 0) is 48.2 Å². The van der Waals surface area contributed by atoms with Gasteiger partial charge in [-0.25, -0.2) is 4.39 Å². The van der Waals surface area contributed by atoms with Gasteiger partial charge in [0.2, 0.25) is 0 Å². The highest BCUT2D eigenvalue weighted by Crippen LogP contribution is 2.17. The maximum atomic E-state index is 13.1. The number of nitrogens with one attached hydrogen (secondary N) is 2. The highest BCUT2D eigenvalue weighted by molar-refractivity contribution is 7.10. The zero-order chi connectivity index (χ0) is 18.5. The highest BCUT2D eigenvalue weighted by atomic mass is 32.1. The predicted molar refractivity (Wildman–Crippen MR) is 104 cm³/mol. The van der Waals surface area contributed by atoms with Crippen molar-refractivity contribution in [1.82, 2.24) is 0 Å². The van der Waals surface area contributed by atoms with Gasteiger partial charge in [0.15, 0.2) is 6.04 Å². The number of benzene rings is 2. The number of anilines is 1. The van der Waals surface area contributed by atoms with Crippen LogP contribution < -0.4 is 10.2 Å². The minimum Gasteiger partial charge on any atom is -0.321 e. The summed E-state index contributed by atoms with van der Waals surface area (Å²) in [6.45, 7) is 2.86. The Kier molecular flexibility index (Phi) is 5.81. The van der Waals surface area contributed by atoms with E-state index in [1.807, 2.05) is 37.4 Å². The molecule has 3 nitrogen and oxygen atoms in total. The van der Waals surface area contributed by atoms with Crippen LogP contribution in [0.1, 0.15) is 22.0 Å². The van der Waals surface area contributed by atoms with Crippen LogP contribution in [0.4, 0.5) is 10.1 Å². The van der Waals surface area contributed by atoms with Crippen LogP contribution in [0, 0.1) is 12.7 Å². The van der Waals surface area contributed by atoms with E-state index in [1.54, 1.807) is 23.5 Å². The quantitative estimate of drug-likeness (QED) is 0.684. The van der Waals surface area contributed by atoms with Gasteiger partial charge in [-0.3, -0.25) is 4.79 Å². The lowest BCUT2D eigenvalue weighted by Crippen LogP contribution is -3.09. The Morgan fingerprint density at radius 3 is 2.42 bits per heavy atom. The molecule has 0 spiro atoms. The standard InChI is InChI=1S/C21H21FN2OS/c1-15-12-13-26-19(15)14-24(2)20(16-6-4-3-5-7-16)21(25)23-18-10-8-17(22)9-11-18/h3-13,20H,14H2,1-2H3,(H,23,25)/p+1/t20-/m1/s1. The third kappa shape index (κ3) is 4.36. The minimum absolute atomic E-state index is 0.102. The molecule has 1 unspecified atom stereocenters. The van der Waals surface area contributed by atoms with E-state index < -0.39 is 0 Å². The third-order valence-electron chi connectivity index (χ3n) is 4.41. The molecule has 1 aromatic heterocycles. The van der Waals surface area contributed by atoms with Gasteiger partial charge in [-0.15, -0.1) is 11.3 Å². The first kappa shape index (κ1) is 18.3. The van der Waals surface area contributed by atoms with Crippen molar-refractivity contribution in [2.45, 2.75) is 19.5 Å². The molecule has 134 valence electrons. The molecular weight excluding hydrogens is 347 g/mol. The van der Waals surface area contributed by atoms with Gasteiger partial charge in [0.25, 0.3) is 5.91 Å². The second-order valence-electron chi connectivity index (χ2n) is 6.39. The molecule has 0 aliphatic heterocycles. The summed E-state index contributed by atoms with van der Waals surface area (Å²) in [5, 5.41) is 5.00. The van der Waals surface area contributed by atoms with Gasteiger partial charge >= 0.3 is 0 Å². The summed E-state index contributed by atoms with van der Waals surface area (Å²) in [5.41, 5.74) is 2.80. The average molecular weight is 369 g/mol. The van der Waals surface area contributed by atoms with E-state index >= 15 is 0 Å². The number of carbonyl (C=O) groups excluding carboxylic acids is 1. The number of thiophene rings is 1. The zero-order valence-corrected chi connectivity index (χ0v) is 15.6. The minimum atomic E-state index is -0.359. The molecule has 0 saturated carbocycles. The Hall–Kier alpha value is -2.50. The van der Waals surface area contributed by atoms with Crippen LogP contribution in [-0.2, 0) is 11.3 Å². The summed E-state index contributed by atoms with van der Waals surface area (Å²) in [6, 6.07) is 17.4. The van der Waals surface area contributed by atoms with E-state index in [9.17, 15) is 9.18 Å². The van der Waals surface area contributed by atoms with Crippen molar-refractivity contribution >= 4 is 22.9 Å². The second kappa shape index (κ2) is 8.25. The number of quaternary nitrogens is 1. The molecule has 2 aromatic carbocycles. The summed E-state index contributed by atoms with van der Waals surface area (Å²) in [5.74, 6) is -0.423. The normalized spacial score (nSPS) is 13.2. The van der Waals surface area contributed by atoms with Gasteiger partial charge in [0, 0.05) is 11.3 Å². The van der Waals surface area contributed by atoms with Crippen molar-refractivity contribution in [3.05, 3.63) is 87.9 Å². The molecule has 0 bridgehead atoms. The first-order valence-corrected chi connectivity index (χ1v) is 9.39. The molecule has 1 amide bonds. The van der Waals surface area contributed by atoms with Crippen LogP contribution >= 0.6 is 11.3 Å². The molecule has 0 aliphatic rings. The first-order chi connectivity index (χ1) is 12.5. The molecule has 0 fully saturated rings. The van der Waals surface area contributed by atoms with Crippen LogP contribution in [0.15, 0.2) is 66.0 Å². The summed E-state index contributed by atoms with van der Waals surface area (Å²) in [6.07, 6.45) is 0. The Morgan fingerprint density at radius 1 is 1.12 bits per heavy atom. The lowest BCUT2D eigenvalue weighted by Gasteiger charge is -2.24. The molecule has 26 heavy (non-hydrogen) atoms. The smallest absolute Gasteiger partial charge is 0.287 e. The Morgan fingerprint density at radius 2 is 1.81 bits per heavy atom. The molecule has 0 radical (unpaired) electrons. The SMILES string of the molecule is Cc1ccsc1C[NH+](C)[C@@H](C(=O)Nc1ccc(F)cc1)c1ccccc1.